The molecule has 0 bridgehead atoms. The SMILES string of the molecule is CO[C@H](C)c1ccc(-c2ccc(C(=O)NC3CC3)s2)cc1. The molecule has 1 heterocycles. The summed E-state index contributed by atoms with van der Waals surface area (Å²) in [5.41, 5.74) is 2.29. The fraction of sp³-hybridized carbons (Fsp3) is 0.353. The van der Waals surface area contributed by atoms with E-state index in [0.29, 0.717) is 6.04 Å². The van der Waals surface area contributed by atoms with Gasteiger partial charge in [0.05, 0.1) is 11.0 Å². The van der Waals surface area contributed by atoms with Gasteiger partial charge in [-0.1, -0.05) is 24.3 Å². The maximum atomic E-state index is 12.0. The average Bonchev–Trinajstić information content (AvgIpc) is 3.18. The fourth-order valence-electron chi connectivity index (χ4n) is 2.15. The highest BCUT2D eigenvalue weighted by atomic mass is 32.1. The van der Waals surface area contributed by atoms with E-state index < -0.39 is 0 Å². The van der Waals surface area contributed by atoms with Gasteiger partial charge in [0.1, 0.15) is 0 Å². The van der Waals surface area contributed by atoms with E-state index in [4.69, 9.17) is 4.74 Å². The van der Waals surface area contributed by atoms with Crippen LogP contribution < -0.4 is 5.32 Å². The monoisotopic (exact) mass is 301 g/mol. The van der Waals surface area contributed by atoms with Gasteiger partial charge in [0.25, 0.3) is 5.91 Å². The minimum atomic E-state index is 0.0541. The number of methoxy groups -OCH3 is 1. The largest absolute Gasteiger partial charge is 0.377 e. The Labute approximate surface area is 129 Å². The van der Waals surface area contributed by atoms with Crippen LogP contribution in [0.2, 0.25) is 0 Å². The molecule has 1 N–H and O–H groups in total. The molecule has 0 aliphatic heterocycles. The number of hydrogen-bond donors (Lipinski definition) is 1. The van der Waals surface area contributed by atoms with E-state index in [9.17, 15) is 4.79 Å². The van der Waals surface area contributed by atoms with Crippen LogP contribution in [0, 0.1) is 0 Å². The van der Waals surface area contributed by atoms with Crippen LogP contribution in [0.5, 0.6) is 0 Å². The van der Waals surface area contributed by atoms with Crippen LogP contribution >= 0.6 is 11.3 Å². The van der Waals surface area contributed by atoms with E-state index in [1.54, 1.807) is 18.4 Å². The number of thiophene rings is 1. The molecule has 0 radical (unpaired) electrons. The Kier molecular flexibility index (Phi) is 4.08. The first-order valence-electron chi connectivity index (χ1n) is 7.21. The number of amides is 1. The van der Waals surface area contributed by atoms with Crippen LogP contribution in [0.4, 0.5) is 0 Å². The van der Waals surface area contributed by atoms with E-state index in [2.05, 4.69) is 29.6 Å². The average molecular weight is 301 g/mol. The number of ether oxygens (including phenoxy) is 1. The molecule has 1 aliphatic rings. The third kappa shape index (κ3) is 3.34. The smallest absolute Gasteiger partial charge is 0.261 e. The van der Waals surface area contributed by atoms with Gasteiger partial charge in [-0.2, -0.15) is 0 Å². The van der Waals surface area contributed by atoms with Gasteiger partial charge in [-0.15, -0.1) is 11.3 Å². The van der Waals surface area contributed by atoms with E-state index in [0.717, 1.165) is 33.7 Å². The molecular formula is C17H19NO2S. The van der Waals surface area contributed by atoms with Crippen LogP contribution in [0.3, 0.4) is 0 Å². The molecule has 3 rings (SSSR count). The maximum absolute atomic E-state index is 12.0. The summed E-state index contributed by atoms with van der Waals surface area (Å²) in [4.78, 5) is 13.9. The van der Waals surface area contributed by atoms with Crippen molar-refractivity contribution in [1.82, 2.24) is 5.32 Å². The van der Waals surface area contributed by atoms with Gasteiger partial charge in [-0.3, -0.25) is 4.79 Å². The zero-order valence-electron chi connectivity index (χ0n) is 12.3. The summed E-state index contributed by atoms with van der Waals surface area (Å²) >= 11 is 1.54. The predicted molar refractivity (Wildman–Crippen MR) is 85.7 cm³/mol. The van der Waals surface area contributed by atoms with Crippen LogP contribution in [-0.4, -0.2) is 19.1 Å². The summed E-state index contributed by atoms with van der Waals surface area (Å²) in [7, 11) is 1.71. The summed E-state index contributed by atoms with van der Waals surface area (Å²) in [5.74, 6) is 0.0541. The van der Waals surface area contributed by atoms with E-state index in [1.807, 2.05) is 19.1 Å². The van der Waals surface area contributed by atoms with Gasteiger partial charge in [-0.25, -0.2) is 0 Å². The van der Waals surface area contributed by atoms with Crippen LogP contribution in [0.25, 0.3) is 10.4 Å². The number of benzene rings is 1. The molecule has 2 aromatic rings. The lowest BCUT2D eigenvalue weighted by Crippen LogP contribution is -2.24. The molecule has 1 fully saturated rings. The second-order valence-corrected chi connectivity index (χ2v) is 6.50. The van der Waals surface area contributed by atoms with Gasteiger partial charge in [0, 0.05) is 18.0 Å². The van der Waals surface area contributed by atoms with Crippen molar-refractivity contribution in [1.29, 1.82) is 0 Å². The molecular weight excluding hydrogens is 282 g/mol. The van der Waals surface area contributed by atoms with Crippen molar-refractivity contribution in [3.63, 3.8) is 0 Å². The van der Waals surface area contributed by atoms with Crippen molar-refractivity contribution in [3.05, 3.63) is 46.8 Å². The van der Waals surface area contributed by atoms with Crippen molar-refractivity contribution in [2.75, 3.05) is 7.11 Å². The molecule has 1 saturated carbocycles. The summed E-state index contributed by atoms with van der Waals surface area (Å²) < 4.78 is 5.31. The van der Waals surface area contributed by atoms with Crippen molar-refractivity contribution >= 4 is 17.2 Å². The van der Waals surface area contributed by atoms with Crippen molar-refractivity contribution < 1.29 is 9.53 Å². The van der Waals surface area contributed by atoms with Crippen LogP contribution in [0.1, 0.15) is 41.1 Å². The highest BCUT2D eigenvalue weighted by Gasteiger charge is 2.24. The molecule has 1 aromatic carbocycles. The van der Waals surface area contributed by atoms with E-state index >= 15 is 0 Å². The van der Waals surface area contributed by atoms with Crippen molar-refractivity contribution in [2.24, 2.45) is 0 Å². The van der Waals surface area contributed by atoms with Gasteiger partial charge >= 0.3 is 0 Å². The second kappa shape index (κ2) is 6.00. The van der Waals surface area contributed by atoms with E-state index in [1.165, 1.54) is 0 Å². The molecule has 0 unspecified atom stereocenters. The van der Waals surface area contributed by atoms with Crippen molar-refractivity contribution in [2.45, 2.75) is 31.9 Å². The van der Waals surface area contributed by atoms with Gasteiger partial charge < -0.3 is 10.1 Å². The first kappa shape index (κ1) is 14.3. The number of nitrogens with one attached hydrogen (secondary N) is 1. The van der Waals surface area contributed by atoms with Gasteiger partial charge in [-0.05, 0) is 43.0 Å². The number of carbonyl (C=O) groups is 1. The zero-order valence-corrected chi connectivity index (χ0v) is 13.1. The molecule has 4 heteroatoms. The molecule has 1 aliphatic carbocycles. The van der Waals surface area contributed by atoms with Gasteiger partial charge in [0.15, 0.2) is 0 Å². The zero-order chi connectivity index (χ0) is 14.8. The lowest BCUT2D eigenvalue weighted by atomic mass is 10.1. The highest BCUT2D eigenvalue weighted by molar-refractivity contribution is 7.17. The lowest BCUT2D eigenvalue weighted by Gasteiger charge is -2.09. The molecule has 21 heavy (non-hydrogen) atoms. The highest BCUT2D eigenvalue weighted by Crippen LogP contribution is 2.30. The van der Waals surface area contributed by atoms with E-state index in [-0.39, 0.29) is 12.0 Å². The quantitative estimate of drug-likeness (QED) is 0.906. The predicted octanol–water partition coefficient (Wildman–Crippen LogP) is 4.01. The maximum Gasteiger partial charge on any atom is 0.261 e. The third-order valence-corrected chi connectivity index (χ3v) is 4.89. The molecule has 0 saturated heterocycles. The third-order valence-electron chi connectivity index (χ3n) is 3.76. The Bertz CT molecular complexity index is 628. The number of hydrogen-bond acceptors (Lipinski definition) is 3. The Balaban J connectivity index is 1.74. The number of carbonyl (C=O) groups excluding carboxylic acids is 1. The minimum Gasteiger partial charge on any atom is -0.377 e. The Morgan fingerprint density at radius 3 is 2.57 bits per heavy atom. The standard InChI is InChI=1S/C17H19NO2S/c1-11(20-2)12-3-5-13(6-4-12)15-9-10-16(21-15)17(19)18-14-7-8-14/h3-6,9-11,14H,7-8H2,1-2H3,(H,18,19)/t11-/m1/s1. The Morgan fingerprint density at radius 2 is 1.95 bits per heavy atom. The van der Waals surface area contributed by atoms with Crippen molar-refractivity contribution in [3.8, 4) is 10.4 Å². The summed E-state index contributed by atoms with van der Waals surface area (Å²) in [5, 5.41) is 3.02. The minimum absolute atomic E-state index is 0.0541. The summed E-state index contributed by atoms with van der Waals surface area (Å²) in [6, 6.07) is 12.6. The fourth-order valence-corrected chi connectivity index (χ4v) is 3.07. The molecule has 110 valence electrons. The van der Waals surface area contributed by atoms with Crippen LogP contribution in [0.15, 0.2) is 36.4 Å². The van der Waals surface area contributed by atoms with Gasteiger partial charge in [0.2, 0.25) is 0 Å². The summed E-state index contributed by atoms with van der Waals surface area (Å²) in [6.07, 6.45) is 2.33. The molecule has 1 amide bonds. The summed E-state index contributed by atoms with van der Waals surface area (Å²) in [6.45, 7) is 2.03. The Hall–Kier alpha value is -1.65. The topological polar surface area (TPSA) is 38.3 Å². The first-order valence-corrected chi connectivity index (χ1v) is 8.03. The van der Waals surface area contributed by atoms with Crippen LogP contribution in [-0.2, 0) is 4.74 Å². The first-order chi connectivity index (χ1) is 10.2. The molecule has 1 atom stereocenters. The lowest BCUT2D eigenvalue weighted by molar-refractivity contribution is 0.0955. The molecule has 1 aromatic heterocycles. The number of rotatable bonds is 5. The molecule has 3 nitrogen and oxygen atoms in total. The second-order valence-electron chi connectivity index (χ2n) is 5.41. The molecule has 0 spiro atoms. The normalized spacial score (nSPS) is 15.7. The Morgan fingerprint density at radius 1 is 1.24 bits per heavy atom.